The second-order valence-corrected chi connectivity index (χ2v) is 9.34. The van der Waals surface area contributed by atoms with Crippen LogP contribution in [0.15, 0.2) is 82.8 Å². The lowest BCUT2D eigenvalue weighted by molar-refractivity contribution is -0.140. The lowest BCUT2D eigenvalue weighted by atomic mass is 9.94. The Morgan fingerprint density at radius 3 is 2.61 bits per heavy atom. The SMILES string of the molecule is C[C@H]1Cc2cc(/C(O)=C3\C(=O)C(=O)N(Cc4ccccc4)[C@H]3c3cccc(Br)c3)ccc2O1. The fourth-order valence-electron chi connectivity index (χ4n) is 4.57. The minimum atomic E-state index is -0.703. The molecule has 0 aliphatic carbocycles. The van der Waals surface area contributed by atoms with E-state index in [-0.39, 0.29) is 24.0 Å². The summed E-state index contributed by atoms with van der Waals surface area (Å²) in [6.07, 6.45) is 0.795. The third-order valence-corrected chi connectivity index (χ3v) is 6.56. The number of benzene rings is 3. The van der Waals surface area contributed by atoms with Gasteiger partial charge >= 0.3 is 0 Å². The number of rotatable bonds is 4. The lowest BCUT2D eigenvalue weighted by Crippen LogP contribution is -2.29. The second kappa shape index (κ2) is 8.52. The van der Waals surface area contributed by atoms with Gasteiger partial charge < -0.3 is 14.7 Å². The fourth-order valence-corrected chi connectivity index (χ4v) is 4.99. The Bertz CT molecular complexity index is 1280. The van der Waals surface area contributed by atoms with Gasteiger partial charge in [-0.2, -0.15) is 0 Å². The van der Waals surface area contributed by atoms with Crippen LogP contribution >= 0.6 is 15.9 Å². The van der Waals surface area contributed by atoms with E-state index in [0.717, 1.165) is 33.3 Å². The molecule has 2 atom stereocenters. The first-order chi connectivity index (χ1) is 15.9. The number of nitrogens with zero attached hydrogens (tertiary/aromatic N) is 1. The van der Waals surface area contributed by atoms with Crippen molar-refractivity contribution in [2.75, 3.05) is 0 Å². The molecule has 3 aromatic rings. The van der Waals surface area contributed by atoms with Crippen LogP contribution in [-0.2, 0) is 22.6 Å². The zero-order chi connectivity index (χ0) is 23.1. The molecule has 1 N–H and O–H groups in total. The van der Waals surface area contributed by atoms with Crippen LogP contribution in [0.2, 0.25) is 0 Å². The van der Waals surface area contributed by atoms with E-state index in [1.54, 1.807) is 6.07 Å². The molecule has 1 saturated heterocycles. The highest BCUT2D eigenvalue weighted by molar-refractivity contribution is 9.10. The van der Waals surface area contributed by atoms with E-state index in [0.29, 0.717) is 5.56 Å². The van der Waals surface area contributed by atoms with Crippen LogP contribution in [0.4, 0.5) is 0 Å². The van der Waals surface area contributed by atoms with Gasteiger partial charge in [0.15, 0.2) is 0 Å². The average molecular weight is 504 g/mol. The molecule has 0 aromatic heterocycles. The van der Waals surface area contributed by atoms with Crippen LogP contribution in [-0.4, -0.2) is 27.8 Å². The second-order valence-electron chi connectivity index (χ2n) is 8.42. The number of likely N-dealkylation sites (tertiary alicyclic amines) is 1. The third-order valence-electron chi connectivity index (χ3n) is 6.07. The summed E-state index contributed by atoms with van der Waals surface area (Å²) in [5, 5.41) is 11.3. The van der Waals surface area contributed by atoms with Gasteiger partial charge in [-0.3, -0.25) is 9.59 Å². The summed E-state index contributed by atoms with van der Waals surface area (Å²) in [5.41, 5.74) is 3.23. The molecule has 1 amide bonds. The Kier molecular flexibility index (Phi) is 5.54. The van der Waals surface area contributed by atoms with Gasteiger partial charge in [-0.1, -0.05) is 58.4 Å². The first-order valence-corrected chi connectivity index (χ1v) is 11.6. The largest absolute Gasteiger partial charge is 0.507 e. The van der Waals surface area contributed by atoms with Gasteiger partial charge in [-0.15, -0.1) is 0 Å². The number of hydrogen-bond donors (Lipinski definition) is 1. The number of halogens is 1. The molecule has 2 heterocycles. The molecule has 2 aliphatic heterocycles. The molecule has 5 rings (SSSR count). The molecule has 0 spiro atoms. The molecule has 5 nitrogen and oxygen atoms in total. The molecule has 2 aliphatic rings. The van der Waals surface area contributed by atoms with E-state index in [4.69, 9.17) is 4.74 Å². The van der Waals surface area contributed by atoms with Crippen molar-refractivity contribution in [3.05, 3.63) is 105 Å². The molecule has 0 unspecified atom stereocenters. The quantitative estimate of drug-likeness (QED) is 0.294. The zero-order valence-corrected chi connectivity index (χ0v) is 19.6. The monoisotopic (exact) mass is 503 g/mol. The smallest absolute Gasteiger partial charge is 0.295 e. The molecule has 0 saturated carbocycles. The van der Waals surface area contributed by atoms with E-state index < -0.39 is 17.7 Å². The van der Waals surface area contributed by atoms with Gasteiger partial charge in [0, 0.05) is 23.0 Å². The molecule has 6 heteroatoms. The number of ether oxygens (including phenoxy) is 1. The van der Waals surface area contributed by atoms with E-state index in [1.807, 2.05) is 73.7 Å². The van der Waals surface area contributed by atoms with Gasteiger partial charge in [0.2, 0.25) is 0 Å². The van der Waals surface area contributed by atoms with E-state index in [9.17, 15) is 14.7 Å². The topological polar surface area (TPSA) is 66.8 Å². The summed E-state index contributed by atoms with van der Waals surface area (Å²) in [7, 11) is 0. The first-order valence-electron chi connectivity index (χ1n) is 10.8. The van der Waals surface area contributed by atoms with Gasteiger partial charge in [-0.05, 0) is 53.9 Å². The third kappa shape index (κ3) is 3.95. The van der Waals surface area contributed by atoms with Crippen molar-refractivity contribution in [2.24, 2.45) is 0 Å². The fraction of sp³-hybridized carbons (Fsp3) is 0.185. The molecule has 166 valence electrons. The number of carbonyl (C=O) groups is 2. The first kappa shape index (κ1) is 21.5. The Morgan fingerprint density at radius 1 is 1.06 bits per heavy atom. The highest BCUT2D eigenvalue weighted by Crippen LogP contribution is 2.41. The molecule has 0 radical (unpaired) electrons. The van der Waals surface area contributed by atoms with Crippen molar-refractivity contribution in [1.29, 1.82) is 0 Å². The maximum Gasteiger partial charge on any atom is 0.295 e. The van der Waals surface area contributed by atoms with Crippen molar-refractivity contribution < 1.29 is 19.4 Å². The van der Waals surface area contributed by atoms with Crippen LogP contribution in [0.25, 0.3) is 5.76 Å². The minimum Gasteiger partial charge on any atom is -0.507 e. The summed E-state index contributed by atoms with van der Waals surface area (Å²) < 4.78 is 6.59. The zero-order valence-electron chi connectivity index (χ0n) is 18.0. The number of hydrogen-bond acceptors (Lipinski definition) is 4. The summed E-state index contributed by atoms with van der Waals surface area (Å²) in [6, 6.07) is 21.7. The average Bonchev–Trinajstić information content (AvgIpc) is 3.30. The Balaban J connectivity index is 1.64. The lowest BCUT2D eigenvalue weighted by Gasteiger charge is -2.25. The summed E-state index contributed by atoms with van der Waals surface area (Å²) in [5.74, 6) is -0.689. The normalized spacial score (nSPS) is 21.2. The number of aliphatic hydroxyl groups excluding tert-OH is 1. The maximum atomic E-state index is 13.2. The molecular formula is C27H22BrNO4. The molecule has 3 aromatic carbocycles. The van der Waals surface area contributed by atoms with Gasteiger partial charge in [0.25, 0.3) is 11.7 Å². The van der Waals surface area contributed by atoms with Crippen molar-refractivity contribution >= 4 is 33.4 Å². The van der Waals surface area contributed by atoms with E-state index in [1.165, 1.54) is 4.90 Å². The number of carbonyl (C=O) groups excluding carboxylic acids is 2. The Morgan fingerprint density at radius 2 is 1.85 bits per heavy atom. The van der Waals surface area contributed by atoms with Crippen LogP contribution in [0.3, 0.4) is 0 Å². The van der Waals surface area contributed by atoms with Crippen molar-refractivity contribution in [3.8, 4) is 5.75 Å². The van der Waals surface area contributed by atoms with Crippen LogP contribution in [0.5, 0.6) is 5.75 Å². The Labute approximate surface area is 200 Å². The summed E-state index contributed by atoms with van der Waals surface area (Å²) >= 11 is 3.49. The predicted octanol–water partition coefficient (Wildman–Crippen LogP) is 5.39. The van der Waals surface area contributed by atoms with E-state index in [2.05, 4.69) is 15.9 Å². The molecule has 0 bridgehead atoms. The molecular weight excluding hydrogens is 482 g/mol. The number of aliphatic hydroxyl groups is 1. The van der Waals surface area contributed by atoms with Crippen LogP contribution in [0.1, 0.15) is 35.2 Å². The van der Waals surface area contributed by atoms with Crippen LogP contribution < -0.4 is 4.74 Å². The van der Waals surface area contributed by atoms with Crippen LogP contribution in [0, 0.1) is 0 Å². The van der Waals surface area contributed by atoms with Gasteiger partial charge in [0.05, 0.1) is 11.6 Å². The maximum absolute atomic E-state index is 13.2. The van der Waals surface area contributed by atoms with Gasteiger partial charge in [0.1, 0.15) is 17.6 Å². The van der Waals surface area contributed by atoms with Crippen molar-refractivity contribution in [3.63, 3.8) is 0 Å². The highest BCUT2D eigenvalue weighted by atomic mass is 79.9. The number of fused-ring (bicyclic) bond motifs is 1. The van der Waals surface area contributed by atoms with Crippen molar-refractivity contribution in [2.45, 2.75) is 32.0 Å². The predicted molar refractivity (Wildman–Crippen MR) is 129 cm³/mol. The molecule has 1 fully saturated rings. The number of Topliss-reactive ketones (excluding diaryl/α,β-unsaturated/α-hetero) is 1. The minimum absolute atomic E-state index is 0.0653. The Hall–Kier alpha value is -3.38. The summed E-state index contributed by atoms with van der Waals surface area (Å²) in [6.45, 7) is 2.25. The van der Waals surface area contributed by atoms with E-state index >= 15 is 0 Å². The highest BCUT2D eigenvalue weighted by Gasteiger charge is 2.46. The number of amides is 1. The summed E-state index contributed by atoms with van der Waals surface area (Å²) in [4.78, 5) is 27.9. The number of ketones is 1. The standard InChI is InChI=1S/C27H22BrNO4/c1-16-12-20-13-19(10-11-22(20)33-16)25(30)23-24(18-8-5-9-21(28)14-18)29(27(32)26(23)31)15-17-6-3-2-4-7-17/h2-11,13-14,16,24,30H,12,15H2,1H3/b25-23+/t16-,24-/m0/s1. The molecule has 33 heavy (non-hydrogen) atoms. The van der Waals surface area contributed by atoms with Gasteiger partial charge in [-0.25, -0.2) is 0 Å². The van der Waals surface area contributed by atoms with Crippen molar-refractivity contribution in [1.82, 2.24) is 4.90 Å².